The molecule has 0 aromatic heterocycles. The molecule has 0 atom stereocenters. The fourth-order valence-electron chi connectivity index (χ4n) is 2.84. The summed E-state index contributed by atoms with van der Waals surface area (Å²) in [6, 6.07) is 13.4. The molecule has 2 aromatic carbocycles. The summed E-state index contributed by atoms with van der Waals surface area (Å²) in [7, 11) is 0. The number of nitrogens with zero attached hydrogens (tertiary/aromatic N) is 1. The zero-order valence-corrected chi connectivity index (χ0v) is 12.0. The van der Waals surface area contributed by atoms with E-state index in [2.05, 4.69) is 5.32 Å². The van der Waals surface area contributed by atoms with E-state index in [-0.39, 0.29) is 12.8 Å². The lowest BCUT2D eigenvalue weighted by atomic mass is 9.99. The number of hydrogen-bond acceptors (Lipinski definition) is 3. The van der Waals surface area contributed by atoms with Gasteiger partial charge in [0, 0.05) is 18.8 Å². The van der Waals surface area contributed by atoms with Gasteiger partial charge in [-0.15, -0.1) is 0 Å². The van der Waals surface area contributed by atoms with E-state index < -0.39 is 0 Å². The highest BCUT2D eigenvalue weighted by molar-refractivity contribution is 5.89. The van der Waals surface area contributed by atoms with Crippen LogP contribution < -0.4 is 14.8 Å². The van der Waals surface area contributed by atoms with Gasteiger partial charge in [-0.25, -0.2) is 4.79 Å². The molecule has 0 fully saturated rings. The number of carbonyl (C=O) groups excluding carboxylic acids is 1. The second-order valence-electron chi connectivity index (χ2n) is 5.44. The number of fused-ring (bicyclic) bond motifs is 2. The summed E-state index contributed by atoms with van der Waals surface area (Å²) < 4.78 is 10.8. The number of amides is 2. The number of nitrogens with one attached hydrogen (secondary N) is 1. The number of anilines is 1. The second kappa shape index (κ2) is 5.26. The number of para-hydroxylation sites is 1. The Kier molecular flexibility index (Phi) is 3.11. The van der Waals surface area contributed by atoms with Crippen LogP contribution in [0.3, 0.4) is 0 Å². The van der Waals surface area contributed by atoms with Crippen LogP contribution in [0.2, 0.25) is 0 Å². The Labute approximate surface area is 128 Å². The van der Waals surface area contributed by atoms with Crippen LogP contribution in [0.1, 0.15) is 11.1 Å². The van der Waals surface area contributed by atoms with E-state index in [4.69, 9.17) is 9.47 Å². The molecule has 22 heavy (non-hydrogen) atoms. The van der Waals surface area contributed by atoms with Crippen molar-refractivity contribution in [2.45, 2.75) is 13.0 Å². The van der Waals surface area contributed by atoms with Crippen molar-refractivity contribution in [1.29, 1.82) is 0 Å². The summed E-state index contributed by atoms with van der Waals surface area (Å²) in [5, 5.41) is 2.93. The number of urea groups is 1. The molecule has 4 rings (SSSR count). The van der Waals surface area contributed by atoms with Crippen LogP contribution in [0, 0.1) is 0 Å². The van der Waals surface area contributed by atoms with Gasteiger partial charge in [-0.1, -0.05) is 18.2 Å². The lowest BCUT2D eigenvalue weighted by molar-refractivity contribution is 0.174. The summed E-state index contributed by atoms with van der Waals surface area (Å²) in [6.45, 7) is 1.56. The highest BCUT2D eigenvalue weighted by Crippen LogP contribution is 2.36. The standard InChI is InChI=1S/C17H16N2O3/c20-17(18-14-4-2-1-3-5-14)19-7-6-12-8-15-16(22-11-21-15)9-13(12)10-19/h1-5,8-9H,6-7,10-11H2,(H,18,20). The normalized spacial score (nSPS) is 15.4. The molecule has 0 aliphatic carbocycles. The van der Waals surface area contributed by atoms with Crippen molar-refractivity contribution >= 4 is 11.7 Å². The molecule has 0 saturated carbocycles. The van der Waals surface area contributed by atoms with Crippen LogP contribution in [0.5, 0.6) is 11.5 Å². The van der Waals surface area contributed by atoms with E-state index in [9.17, 15) is 4.79 Å². The van der Waals surface area contributed by atoms with Gasteiger partial charge in [0.25, 0.3) is 0 Å². The second-order valence-corrected chi connectivity index (χ2v) is 5.44. The van der Waals surface area contributed by atoms with Crippen molar-refractivity contribution in [3.8, 4) is 11.5 Å². The number of rotatable bonds is 1. The van der Waals surface area contributed by atoms with Crippen molar-refractivity contribution in [2.75, 3.05) is 18.7 Å². The largest absolute Gasteiger partial charge is 0.454 e. The van der Waals surface area contributed by atoms with Gasteiger partial charge in [0.2, 0.25) is 6.79 Å². The first kappa shape index (κ1) is 13.0. The van der Waals surface area contributed by atoms with Gasteiger partial charge >= 0.3 is 6.03 Å². The Morgan fingerprint density at radius 1 is 1.05 bits per heavy atom. The number of ether oxygens (including phenoxy) is 2. The average molecular weight is 296 g/mol. The molecule has 5 nitrogen and oxygen atoms in total. The first-order valence-corrected chi connectivity index (χ1v) is 7.32. The van der Waals surface area contributed by atoms with Gasteiger partial charge in [-0.3, -0.25) is 0 Å². The molecule has 2 aliphatic heterocycles. The molecule has 1 N–H and O–H groups in total. The van der Waals surface area contributed by atoms with Gasteiger partial charge < -0.3 is 19.7 Å². The average Bonchev–Trinajstić information content (AvgIpc) is 3.00. The highest BCUT2D eigenvalue weighted by atomic mass is 16.7. The minimum atomic E-state index is -0.0745. The fraction of sp³-hybridized carbons (Fsp3) is 0.235. The van der Waals surface area contributed by atoms with E-state index >= 15 is 0 Å². The fourth-order valence-corrected chi connectivity index (χ4v) is 2.84. The van der Waals surface area contributed by atoms with E-state index in [0.717, 1.165) is 29.2 Å². The maximum Gasteiger partial charge on any atom is 0.322 e. The summed E-state index contributed by atoms with van der Waals surface area (Å²) in [4.78, 5) is 14.2. The molecule has 0 radical (unpaired) electrons. The molecule has 0 spiro atoms. The third kappa shape index (κ3) is 2.35. The predicted octanol–water partition coefficient (Wildman–Crippen LogP) is 3.01. The first-order chi connectivity index (χ1) is 10.8. The zero-order chi connectivity index (χ0) is 14.9. The monoisotopic (exact) mass is 296 g/mol. The van der Waals surface area contributed by atoms with Crippen LogP contribution in [-0.4, -0.2) is 24.3 Å². The smallest absolute Gasteiger partial charge is 0.322 e. The maximum absolute atomic E-state index is 12.4. The molecule has 2 aliphatic rings. The Morgan fingerprint density at radius 2 is 1.77 bits per heavy atom. The number of carbonyl (C=O) groups is 1. The van der Waals surface area contributed by atoms with Crippen molar-refractivity contribution in [2.24, 2.45) is 0 Å². The molecule has 5 heteroatoms. The van der Waals surface area contributed by atoms with Gasteiger partial charge in [0.1, 0.15) is 0 Å². The number of hydrogen-bond donors (Lipinski definition) is 1. The van der Waals surface area contributed by atoms with E-state index in [1.54, 1.807) is 0 Å². The molecule has 2 amide bonds. The zero-order valence-electron chi connectivity index (χ0n) is 12.0. The molecule has 0 bridgehead atoms. The van der Waals surface area contributed by atoms with Crippen LogP contribution >= 0.6 is 0 Å². The van der Waals surface area contributed by atoms with Crippen molar-refractivity contribution in [3.05, 3.63) is 53.6 Å². The Bertz CT molecular complexity index is 715. The van der Waals surface area contributed by atoms with E-state index in [1.165, 1.54) is 5.56 Å². The Hall–Kier alpha value is -2.69. The maximum atomic E-state index is 12.4. The lowest BCUT2D eigenvalue weighted by Gasteiger charge is -2.29. The van der Waals surface area contributed by atoms with E-state index in [0.29, 0.717) is 13.1 Å². The molecule has 112 valence electrons. The third-order valence-corrected chi connectivity index (χ3v) is 4.02. The Balaban J connectivity index is 1.51. The molecule has 2 heterocycles. The van der Waals surface area contributed by atoms with Crippen LogP contribution in [0.25, 0.3) is 0 Å². The summed E-state index contributed by atoms with van der Waals surface area (Å²) in [5.41, 5.74) is 3.16. The Morgan fingerprint density at radius 3 is 2.55 bits per heavy atom. The van der Waals surface area contributed by atoms with Crippen LogP contribution in [0.4, 0.5) is 10.5 Å². The molecule has 0 saturated heterocycles. The molecule has 0 unspecified atom stereocenters. The predicted molar refractivity (Wildman–Crippen MR) is 82.1 cm³/mol. The highest BCUT2D eigenvalue weighted by Gasteiger charge is 2.24. The summed E-state index contributed by atoms with van der Waals surface area (Å²) >= 11 is 0. The molecule has 2 aromatic rings. The van der Waals surface area contributed by atoms with Crippen molar-refractivity contribution < 1.29 is 14.3 Å². The quantitative estimate of drug-likeness (QED) is 0.880. The minimum Gasteiger partial charge on any atom is -0.454 e. The minimum absolute atomic E-state index is 0.0745. The van der Waals surface area contributed by atoms with Gasteiger partial charge in [-0.05, 0) is 41.8 Å². The summed E-state index contributed by atoms with van der Waals surface area (Å²) in [6.07, 6.45) is 0.828. The van der Waals surface area contributed by atoms with Gasteiger partial charge in [0.05, 0.1) is 0 Å². The first-order valence-electron chi connectivity index (χ1n) is 7.32. The van der Waals surface area contributed by atoms with Crippen molar-refractivity contribution in [3.63, 3.8) is 0 Å². The van der Waals surface area contributed by atoms with Gasteiger partial charge in [-0.2, -0.15) is 0 Å². The topological polar surface area (TPSA) is 50.8 Å². The van der Waals surface area contributed by atoms with Crippen LogP contribution in [-0.2, 0) is 13.0 Å². The van der Waals surface area contributed by atoms with Crippen LogP contribution in [0.15, 0.2) is 42.5 Å². The molecular formula is C17H16N2O3. The van der Waals surface area contributed by atoms with Gasteiger partial charge in [0.15, 0.2) is 11.5 Å². The van der Waals surface area contributed by atoms with E-state index in [1.807, 2.05) is 47.4 Å². The van der Waals surface area contributed by atoms with Crippen molar-refractivity contribution in [1.82, 2.24) is 4.90 Å². The SMILES string of the molecule is O=C(Nc1ccccc1)N1CCc2cc3c(cc2C1)OCO3. The summed E-state index contributed by atoms with van der Waals surface area (Å²) in [5.74, 6) is 1.57. The molecular weight excluding hydrogens is 280 g/mol. The lowest BCUT2D eigenvalue weighted by Crippen LogP contribution is -2.38. The number of benzene rings is 2. The third-order valence-electron chi connectivity index (χ3n) is 4.02.